The Hall–Kier alpha value is -1.55. The molecule has 1 aliphatic rings. The zero-order valence-corrected chi connectivity index (χ0v) is 9.88. The molecule has 2 rings (SSSR count). The molecule has 0 aliphatic carbocycles. The third-order valence-corrected chi connectivity index (χ3v) is 3.11. The van der Waals surface area contributed by atoms with Gasteiger partial charge in [0.15, 0.2) is 0 Å². The Kier molecular flexibility index (Phi) is 3.98. The summed E-state index contributed by atoms with van der Waals surface area (Å²) in [5.74, 6) is 0. The second-order valence-corrected chi connectivity index (χ2v) is 4.38. The van der Waals surface area contributed by atoms with Crippen LogP contribution in [0.2, 0.25) is 0 Å². The molecule has 0 atom stereocenters. The van der Waals surface area contributed by atoms with Gasteiger partial charge < -0.3 is 10.0 Å². The number of nitrogens with zero attached hydrogens (tertiary/aromatic N) is 2. The molecule has 1 aromatic rings. The van der Waals surface area contributed by atoms with Gasteiger partial charge >= 0.3 is 6.09 Å². The summed E-state index contributed by atoms with van der Waals surface area (Å²) in [6, 6.07) is 10.3. The minimum Gasteiger partial charge on any atom is -0.465 e. The van der Waals surface area contributed by atoms with Crippen molar-refractivity contribution in [2.75, 3.05) is 26.2 Å². The van der Waals surface area contributed by atoms with Crippen molar-refractivity contribution < 1.29 is 9.90 Å². The summed E-state index contributed by atoms with van der Waals surface area (Å²) in [6.07, 6.45) is 0.116. The topological polar surface area (TPSA) is 43.8 Å². The lowest BCUT2D eigenvalue weighted by molar-refractivity contribution is 0.146. The van der Waals surface area contributed by atoms with Crippen LogP contribution in [0.15, 0.2) is 30.3 Å². The van der Waals surface area contributed by atoms with Crippen molar-refractivity contribution in [1.29, 1.82) is 0 Å². The Morgan fingerprint density at radius 3 is 2.59 bits per heavy atom. The SMILES string of the molecule is O=C(O)N1CCCN(Cc2ccccc2)CC1. The van der Waals surface area contributed by atoms with Crippen LogP contribution in [0.4, 0.5) is 4.79 Å². The van der Waals surface area contributed by atoms with Crippen molar-refractivity contribution in [3.8, 4) is 0 Å². The molecular weight excluding hydrogens is 216 g/mol. The van der Waals surface area contributed by atoms with Gasteiger partial charge in [-0.15, -0.1) is 0 Å². The fourth-order valence-corrected chi connectivity index (χ4v) is 2.16. The third-order valence-electron chi connectivity index (χ3n) is 3.11. The summed E-state index contributed by atoms with van der Waals surface area (Å²) >= 11 is 0. The van der Waals surface area contributed by atoms with E-state index in [1.54, 1.807) is 0 Å². The molecule has 17 heavy (non-hydrogen) atoms. The van der Waals surface area contributed by atoms with Gasteiger partial charge in [-0.3, -0.25) is 4.90 Å². The van der Waals surface area contributed by atoms with Crippen LogP contribution >= 0.6 is 0 Å². The molecular formula is C13H18N2O2. The summed E-state index contributed by atoms with van der Waals surface area (Å²) in [5.41, 5.74) is 1.29. The van der Waals surface area contributed by atoms with Gasteiger partial charge in [0, 0.05) is 32.7 Å². The van der Waals surface area contributed by atoms with Gasteiger partial charge in [-0.2, -0.15) is 0 Å². The van der Waals surface area contributed by atoms with E-state index in [1.807, 2.05) is 18.2 Å². The summed E-state index contributed by atoms with van der Waals surface area (Å²) in [6.45, 7) is 3.97. The predicted octanol–water partition coefficient (Wildman–Crippen LogP) is 1.87. The van der Waals surface area contributed by atoms with Crippen LogP contribution in [-0.4, -0.2) is 47.2 Å². The first-order valence-electron chi connectivity index (χ1n) is 6.00. The molecule has 4 nitrogen and oxygen atoms in total. The minimum absolute atomic E-state index is 0.613. The van der Waals surface area contributed by atoms with Gasteiger partial charge in [0.1, 0.15) is 0 Å². The van der Waals surface area contributed by atoms with Crippen molar-refractivity contribution in [2.24, 2.45) is 0 Å². The smallest absolute Gasteiger partial charge is 0.407 e. The molecule has 1 saturated heterocycles. The van der Waals surface area contributed by atoms with Crippen LogP contribution < -0.4 is 0 Å². The van der Waals surface area contributed by atoms with Crippen molar-refractivity contribution >= 4 is 6.09 Å². The van der Waals surface area contributed by atoms with Crippen LogP contribution in [-0.2, 0) is 6.54 Å². The maximum Gasteiger partial charge on any atom is 0.407 e. The first-order chi connectivity index (χ1) is 8.25. The number of carboxylic acid groups (broad SMARTS) is 1. The number of hydrogen-bond donors (Lipinski definition) is 1. The summed E-state index contributed by atoms with van der Waals surface area (Å²) < 4.78 is 0. The van der Waals surface area contributed by atoms with Crippen LogP contribution in [0.25, 0.3) is 0 Å². The Bertz CT molecular complexity index is 367. The van der Waals surface area contributed by atoms with E-state index in [9.17, 15) is 4.79 Å². The number of hydrogen-bond acceptors (Lipinski definition) is 2. The minimum atomic E-state index is -0.799. The van der Waals surface area contributed by atoms with Crippen molar-refractivity contribution in [3.05, 3.63) is 35.9 Å². The molecule has 0 unspecified atom stereocenters. The van der Waals surface area contributed by atoms with Crippen LogP contribution in [0.1, 0.15) is 12.0 Å². The highest BCUT2D eigenvalue weighted by Crippen LogP contribution is 2.08. The molecule has 0 aromatic heterocycles. The van der Waals surface area contributed by atoms with Crippen molar-refractivity contribution in [3.63, 3.8) is 0 Å². The molecule has 1 aromatic carbocycles. The van der Waals surface area contributed by atoms with E-state index in [-0.39, 0.29) is 0 Å². The highest BCUT2D eigenvalue weighted by atomic mass is 16.4. The first-order valence-corrected chi connectivity index (χ1v) is 6.00. The quantitative estimate of drug-likeness (QED) is 0.849. The van der Waals surface area contributed by atoms with E-state index in [4.69, 9.17) is 5.11 Å². The Labute approximate surface area is 101 Å². The Balaban J connectivity index is 1.89. The molecule has 0 saturated carbocycles. The summed E-state index contributed by atoms with van der Waals surface area (Å²) in [4.78, 5) is 14.7. The van der Waals surface area contributed by atoms with Crippen molar-refractivity contribution in [2.45, 2.75) is 13.0 Å². The van der Waals surface area contributed by atoms with Gasteiger partial charge in [0.25, 0.3) is 0 Å². The maximum atomic E-state index is 10.9. The fraction of sp³-hybridized carbons (Fsp3) is 0.462. The number of carbonyl (C=O) groups is 1. The lowest BCUT2D eigenvalue weighted by atomic mass is 10.2. The molecule has 1 fully saturated rings. The average Bonchev–Trinajstić information content (AvgIpc) is 2.56. The van der Waals surface area contributed by atoms with E-state index in [1.165, 1.54) is 10.5 Å². The van der Waals surface area contributed by atoms with E-state index in [0.717, 1.165) is 26.1 Å². The normalized spacial score (nSPS) is 17.8. The maximum absolute atomic E-state index is 10.9. The van der Waals surface area contributed by atoms with Gasteiger partial charge in [0.2, 0.25) is 0 Å². The first kappa shape index (κ1) is 11.9. The van der Waals surface area contributed by atoms with Crippen molar-refractivity contribution in [1.82, 2.24) is 9.80 Å². The third kappa shape index (κ3) is 3.46. The number of amides is 1. The Morgan fingerprint density at radius 2 is 1.88 bits per heavy atom. The second kappa shape index (κ2) is 5.68. The number of benzene rings is 1. The molecule has 92 valence electrons. The predicted molar refractivity (Wildman–Crippen MR) is 65.9 cm³/mol. The average molecular weight is 234 g/mol. The van der Waals surface area contributed by atoms with Gasteiger partial charge in [-0.1, -0.05) is 30.3 Å². The molecule has 1 aliphatic heterocycles. The molecule has 0 bridgehead atoms. The van der Waals surface area contributed by atoms with E-state index in [2.05, 4.69) is 17.0 Å². The monoisotopic (exact) mass is 234 g/mol. The van der Waals surface area contributed by atoms with Gasteiger partial charge in [-0.05, 0) is 12.0 Å². The lowest BCUT2D eigenvalue weighted by Crippen LogP contribution is -2.33. The summed E-state index contributed by atoms with van der Waals surface area (Å²) in [7, 11) is 0. The van der Waals surface area contributed by atoms with E-state index < -0.39 is 6.09 Å². The highest BCUT2D eigenvalue weighted by molar-refractivity contribution is 5.64. The number of rotatable bonds is 2. The lowest BCUT2D eigenvalue weighted by Gasteiger charge is -2.20. The molecule has 4 heteroatoms. The molecule has 1 N–H and O–H groups in total. The zero-order valence-electron chi connectivity index (χ0n) is 9.88. The second-order valence-electron chi connectivity index (χ2n) is 4.38. The van der Waals surface area contributed by atoms with Gasteiger partial charge in [0.05, 0.1) is 0 Å². The largest absolute Gasteiger partial charge is 0.465 e. The van der Waals surface area contributed by atoms with E-state index >= 15 is 0 Å². The summed E-state index contributed by atoms with van der Waals surface area (Å²) in [5, 5.41) is 8.95. The molecule has 0 spiro atoms. The standard InChI is InChI=1S/C13H18N2O2/c16-13(17)15-8-4-7-14(9-10-15)11-12-5-2-1-3-6-12/h1-3,5-6H,4,7-11H2,(H,16,17). The fourth-order valence-electron chi connectivity index (χ4n) is 2.16. The van der Waals surface area contributed by atoms with Crippen LogP contribution in [0.3, 0.4) is 0 Å². The van der Waals surface area contributed by atoms with Crippen LogP contribution in [0.5, 0.6) is 0 Å². The highest BCUT2D eigenvalue weighted by Gasteiger charge is 2.17. The molecule has 1 amide bonds. The molecule has 0 radical (unpaired) electrons. The zero-order chi connectivity index (χ0) is 12.1. The Morgan fingerprint density at radius 1 is 1.12 bits per heavy atom. The van der Waals surface area contributed by atoms with Gasteiger partial charge in [-0.25, -0.2) is 4.79 Å². The van der Waals surface area contributed by atoms with E-state index in [0.29, 0.717) is 13.1 Å². The van der Waals surface area contributed by atoms with Crippen LogP contribution in [0, 0.1) is 0 Å². The molecule has 1 heterocycles.